The number of amides is 1. The maximum atomic E-state index is 12.5. The second-order valence-electron chi connectivity index (χ2n) is 8.05. The smallest absolute Gasteiger partial charge is 0.339 e. The minimum absolute atomic E-state index is 0.125. The lowest BCUT2D eigenvalue weighted by Gasteiger charge is -2.21. The van der Waals surface area contributed by atoms with Crippen LogP contribution in [0.1, 0.15) is 50.3 Å². The fourth-order valence-electron chi connectivity index (χ4n) is 3.82. The lowest BCUT2D eigenvalue weighted by atomic mass is 10.0. The van der Waals surface area contributed by atoms with Crippen molar-refractivity contribution >= 4 is 22.8 Å². The third-order valence-corrected chi connectivity index (χ3v) is 5.33. The van der Waals surface area contributed by atoms with Crippen LogP contribution >= 0.6 is 0 Å². The lowest BCUT2D eigenvalue weighted by Crippen LogP contribution is -2.46. The molecule has 1 aromatic heterocycles. The van der Waals surface area contributed by atoms with Gasteiger partial charge < -0.3 is 19.6 Å². The van der Waals surface area contributed by atoms with Gasteiger partial charge in [0.25, 0.3) is 5.91 Å². The molecule has 3 rings (SSSR count). The van der Waals surface area contributed by atoms with Gasteiger partial charge in [-0.1, -0.05) is 13.8 Å². The summed E-state index contributed by atoms with van der Waals surface area (Å²) in [5.74, 6) is -1.03. The molecule has 0 unspecified atom stereocenters. The highest BCUT2D eigenvalue weighted by Crippen LogP contribution is 2.33. The van der Waals surface area contributed by atoms with Crippen molar-refractivity contribution in [2.24, 2.45) is 5.92 Å². The number of nitrogens with one attached hydrogen (secondary N) is 1. The number of hydrogen-bond donors (Lipinski definition) is 2. The van der Waals surface area contributed by atoms with E-state index in [2.05, 4.69) is 5.32 Å². The monoisotopic (exact) mass is 401 g/mol. The third-order valence-electron chi connectivity index (χ3n) is 5.33. The van der Waals surface area contributed by atoms with Crippen LogP contribution in [0.15, 0.2) is 21.3 Å². The van der Waals surface area contributed by atoms with Crippen LogP contribution in [0.5, 0.6) is 5.75 Å². The van der Waals surface area contributed by atoms with Crippen molar-refractivity contribution in [2.45, 2.75) is 65.5 Å². The number of carboxylic acid groups (broad SMARTS) is 1. The van der Waals surface area contributed by atoms with Gasteiger partial charge in [0.2, 0.25) is 0 Å². The highest BCUT2D eigenvalue weighted by Gasteiger charge is 2.26. The van der Waals surface area contributed by atoms with Crippen molar-refractivity contribution in [1.29, 1.82) is 0 Å². The van der Waals surface area contributed by atoms with Crippen LogP contribution < -0.4 is 15.7 Å². The van der Waals surface area contributed by atoms with Gasteiger partial charge in [0, 0.05) is 16.5 Å². The van der Waals surface area contributed by atoms with Crippen LogP contribution in [-0.4, -0.2) is 29.1 Å². The molecule has 1 aromatic carbocycles. The average molecular weight is 401 g/mol. The number of aryl methyl sites for hydroxylation is 2. The van der Waals surface area contributed by atoms with Gasteiger partial charge in [-0.15, -0.1) is 0 Å². The summed E-state index contributed by atoms with van der Waals surface area (Å²) in [4.78, 5) is 36.1. The van der Waals surface area contributed by atoms with E-state index < -0.39 is 24.0 Å². The average Bonchev–Trinajstić information content (AvgIpc) is 3.14. The van der Waals surface area contributed by atoms with E-state index in [1.807, 2.05) is 19.9 Å². The summed E-state index contributed by atoms with van der Waals surface area (Å²) in [6.45, 7) is 7.13. The van der Waals surface area contributed by atoms with Gasteiger partial charge >= 0.3 is 11.6 Å². The summed E-state index contributed by atoms with van der Waals surface area (Å²) in [5, 5.41) is 12.7. The van der Waals surface area contributed by atoms with Crippen LogP contribution in [0.4, 0.5) is 0 Å². The number of benzene rings is 1. The van der Waals surface area contributed by atoms with Gasteiger partial charge in [0.15, 0.2) is 6.10 Å². The molecule has 0 saturated heterocycles. The van der Waals surface area contributed by atoms with Crippen molar-refractivity contribution in [3.63, 3.8) is 0 Å². The van der Waals surface area contributed by atoms with Crippen LogP contribution in [0.2, 0.25) is 0 Å². The van der Waals surface area contributed by atoms with E-state index in [1.54, 1.807) is 19.9 Å². The molecule has 1 aliphatic rings. The number of carbonyl (C=O) groups excluding carboxylic acids is 1. The quantitative estimate of drug-likeness (QED) is 0.691. The SMILES string of the molecule is Cc1c(O[C@@H](C)C(=O)N[C@@H](CC(C)C)C(=O)O)ccc2c3c(c(=O)oc12)CCC3. The number of carboxylic acids is 1. The van der Waals surface area contributed by atoms with Crippen molar-refractivity contribution in [1.82, 2.24) is 5.32 Å². The summed E-state index contributed by atoms with van der Waals surface area (Å²) in [5.41, 5.74) is 2.60. The van der Waals surface area contributed by atoms with Crippen molar-refractivity contribution in [2.75, 3.05) is 0 Å². The number of fused-ring (bicyclic) bond motifs is 3. The molecule has 29 heavy (non-hydrogen) atoms. The molecule has 0 saturated carbocycles. The van der Waals surface area contributed by atoms with Crippen molar-refractivity contribution in [3.05, 3.63) is 39.2 Å². The van der Waals surface area contributed by atoms with Gasteiger partial charge in [-0.05, 0) is 63.1 Å². The number of carbonyl (C=O) groups is 2. The fourth-order valence-corrected chi connectivity index (χ4v) is 3.82. The molecule has 2 atom stereocenters. The van der Waals surface area contributed by atoms with E-state index in [9.17, 15) is 19.5 Å². The van der Waals surface area contributed by atoms with E-state index in [0.29, 0.717) is 23.3 Å². The number of ether oxygens (including phenoxy) is 1. The van der Waals surface area contributed by atoms with Gasteiger partial charge in [-0.2, -0.15) is 0 Å². The zero-order valence-corrected chi connectivity index (χ0v) is 17.2. The molecule has 2 N–H and O–H groups in total. The topological polar surface area (TPSA) is 106 Å². The maximum Gasteiger partial charge on any atom is 0.339 e. The second kappa shape index (κ2) is 8.27. The van der Waals surface area contributed by atoms with Crippen molar-refractivity contribution in [3.8, 4) is 5.75 Å². The van der Waals surface area contributed by atoms with Gasteiger partial charge in [-0.3, -0.25) is 4.79 Å². The van der Waals surface area contributed by atoms with Gasteiger partial charge in [-0.25, -0.2) is 9.59 Å². The third kappa shape index (κ3) is 4.28. The maximum absolute atomic E-state index is 12.5. The Hall–Kier alpha value is -2.83. The molecule has 0 radical (unpaired) electrons. The summed E-state index contributed by atoms with van der Waals surface area (Å²) < 4.78 is 11.3. The molecule has 0 fully saturated rings. The largest absolute Gasteiger partial charge is 0.480 e. The number of hydrogen-bond acceptors (Lipinski definition) is 5. The zero-order valence-electron chi connectivity index (χ0n) is 17.2. The summed E-state index contributed by atoms with van der Waals surface area (Å²) in [7, 11) is 0. The van der Waals surface area contributed by atoms with Gasteiger partial charge in [0.05, 0.1) is 0 Å². The van der Waals surface area contributed by atoms with E-state index in [1.165, 1.54) is 0 Å². The molecule has 0 spiro atoms. The van der Waals surface area contributed by atoms with E-state index in [0.717, 1.165) is 35.8 Å². The molecular weight excluding hydrogens is 374 g/mol. The van der Waals surface area contributed by atoms with Crippen molar-refractivity contribution < 1.29 is 23.8 Å². The normalized spacial score (nSPS) is 15.2. The molecule has 1 heterocycles. The predicted molar refractivity (Wildman–Crippen MR) is 108 cm³/mol. The molecule has 0 aliphatic heterocycles. The molecule has 7 heteroatoms. The molecule has 0 bridgehead atoms. The minimum atomic E-state index is -1.07. The Kier molecular flexibility index (Phi) is 5.96. The molecular formula is C22H27NO6. The Morgan fingerprint density at radius 1 is 1.21 bits per heavy atom. The van der Waals surface area contributed by atoms with Crippen LogP contribution in [0, 0.1) is 12.8 Å². The first kappa shape index (κ1) is 20.9. The summed E-state index contributed by atoms with van der Waals surface area (Å²) >= 11 is 0. The highest BCUT2D eigenvalue weighted by atomic mass is 16.5. The molecule has 7 nitrogen and oxygen atoms in total. The Morgan fingerprint density at radius 3 is 2.55 bits per heavy atom. The molecule has 1 amide bonds. The first-order valence-corrected chi connectivity index (χ1v) is 9.97. The van der Waals surface area contributed by atoms with E-state index in [-0.39, 0.29) is 11.5 Å². The fraction of sp³-hybridized carbons (Fsp3) is 0.500. The van der Waals surface area contributed by atoms with Crippen LogP contribution in [0.3, 0.4) is 0 Å². The van der Waals surface area contributed by atoms with Crippen LogP contribution in [0.25, 0.3) is 11.0 Å². The number of rotatable bonds is 7. The predicted octanol–water partition coefficient (Wildman–Crippen LogP) is 2.97. The Morgan fingerprint density at radius 2 is 1.90 bits per heavy atom. The molecule has 1 aliphatic carbocycles. The zero-order chi connectivity index (χ0) is 21.3. The molecule has 2 aromatic rings. The van der Waals surface area contributed by atoms with E-state index in [4.69, 9.17) is 9.15 Å². The Balaban J connectivity index is 1.81. The number of aliphatic carboxylic acids is 1. The first-order valence-electron chi connectivity index (χ1n) is 9.97. The Labute approximate surface area is 169 Å². The Bertz CT molecular complexity index is 1010. The molecule has 156 valence electrons. The van der Waals surface area contributed by atoms with Crippen LogP contribution in [-0.2, 0) is 22.4 Å². The standard InChI is InChI=1S/C22H27NO6/c1-11(2)10-17(21(25)26)23-20(24)13(4)28-18-9-8-15-14-6-5-7-16(14)22(27)29-19(15)12(18)3/h8-9,11,13,17H,5-7,10H2,1-4H3,(H,23,24)(H,25,26)/t13-,17-/m0/s1. The lowest BCUT2D eigenvalue weighted by molar-refractivity contribution is -0.143. The van der Waals surface area contributed by atoms with E-state index >= 15 is 0 Å². The minimum Gasteiger partial charge on any atom is -0.480 e. The first-order chi connectivity index (χ1) is 13.7. The second-order valence-corrected chi connectivity index (χ2v) is 8.05. The van der Waals surface area contributed by atoms with Gasteiger partial charge in [0.1, 0.15) is 17.4 Å². The summed E-state index contributed by atoms with van der Waals surface area (Å²) in [6, 6.07) is 2.66. The highest BCUT2D eigenvalue weighted by molar-refractivity contribution is 5.88. The summed E-state index contributed by atoms with van der Waals surface area (Å²) in [6.07, 6.45) is 1.96.